The molecule has 0 aromatic heterocycles. The Labute approximate surface area is 144 Å². The number of carbonyl (C=O) groups excluding carboxylic acids is 2. The number of amides is 1. The highest BCUT2D eigenvalue weighted by atomic mass is 19.1. The molecule has 0 bridgehead atoms. The minimum Gasteiger partial charge on any atom is -0.466 e. The maximum Gasteiger partial charge on any atom is 0.330 e. The fraction of sp³-hybridized carbons (Fsp3) is 0.111. The van der Waals surface area contributed by atoms with Crippen molar-refractivity contribution in [1.29, 1.82) is 0 Å². The number of rotatable bonds is 6. The maximum atomic E-state index is 12.9. The summed E-state index contributed by atoms with van der Waals surface area (Å²) in [5.41, 5.74) is 8.38. The van der Waals surface area contributed by atoms with Gasteiger partial charge in [0.25, 0.3) is 0 Å². The zero-order valence-corrected chi connectivity index (χ0v) is 13.6. The molecule has 0 aliphatic heterocycles. The first-order chi connectivity index (χ1) is 12.0. The number of nitrogens with one attached hydrogen (secondary N) is 2. The van der Waals surface area contributed by atoms with Crippen molar-refractivity contribution < 1.29 is 18.7 Å². The summed E-state index contributed by atoms with van der Waals surface area (Å²) >= 11 is 0. The van der Waals surface area contributed by atoms with E-state index >= 15 is 0 Å². The second kappa shape index (κ2) is 8.49. The van der Waals surface area contributed by atoms with Gasteiger partial charge in [0.1, 0.15) is 5.82 Å². The molecule has 0 saturated heterocycles. The van der Waals surface area contributed by atoms with Crippen molar-refractivity contribution in [3.63, 3.8) is 0 Å². The minimum absolute atomic E-state index is 0.283. The predicted octanol–water partition coefficient (Wildman–Crippen LogP) is 2.69. The predicted molar refractivity (Wildman–Crippen MR) is 94.4 cm³/mol. The fourth-order valence-electron chi connectivity index (χ4n) is 1.98. The average molecular weight is 343 g/mol. The SMILES string of the molecule is COC(=O)/C=C/C(=O)Nc1ccc(NCc2ccc(F)cc2)cc1N. The molecular weight excluding hydrogens is 325 g/mol. The zero-order valence-electron chi connectivity index (χ0n) is 13.6. The van der Waals surface area contributed by atoms with Crippen LogP contribution in [0.3, 0.4) is 0 Å². The van der Waals surface area contributed by atoms with Gasteiger partial charge in [-0.2, -0.15) is 0 Å². The molecule has 0 fully saturated rings. The van der Waals surface area contributed by atoms with Crippen molar-refractivity contribution in [2.45, 2.75) is 6.54 Å². The first-order valence-corrected chi connectivity index (χ1v) is 7.43. The number of benzene rings is 2. The molecule has 0 heterocycles. The van der Waals surface area contributed by atoms with Crippen molar-refractivity contribution in [1.82, 2.24) is 0 Å². The molecule has 0 unspecified atom stereocenters. The number of nitrogen functional groups attached to an aromatic ring is 1. The molecule has 0 aliphatic rings. The van der Waals surface area contributed by atoms with Crippen LogP contribution in [0.25, 0.3) is 0 Å². The summed E-state index contributed by atoms with van der Waals surface area (Å²) in [5.74, 6) is -1.40. The Morgan fingerprint density at radius 2 is 1.88 bits per heavy atom. The highest BCUT2D eigenvalue weighted by molar-refractivity contribution is 6.04. The Morgan fingerprint density at radius 1 is 1.16 bits per heavy atom. The second-order valence-electron chi connectivity index (χ2n) is 5.13. The Hall–Kier alpha value is -3.35. The van der Waals surface area contributed by atoms with Gasteiger partial charge in [-0.3, -0.25) is 4.79 Å². The molecular formula is C18H18FN3O3. The summed E-state index contributed by atoms with van der Waals surface area (Å²) < 4.78 is 17.3. The van der Waals surface area contributed by atoms with E-state index in [0.29, 0.717) is 17.9 Å². The third-order valence-electron chi connectivity index (χ3n) is 3.29. The number of esters is 1. The van der Waals surface area contributed by atoms with E-state index in [-0.39, 0.29) is 5.82 Å². The molecule has 0 radical (unpaired) electrons. The van der Waals surface area contributed by atoms with Crippen LogP contribution >= 0.6 is 0 Å². The summed E-state index contributed by atoms with van der Waals surface area (Å²) in [6.45, 7) is 0.507. The third-order valence-corrected chi connectivity index (χ3v) is 3.29. The zero-order chi connectivity index (χ0) is 18.2. The lowest BCUT2D eigenvalue weighted by Crippen LogP contribution is -2.11. The van der Waals surface area contributed by atoms with Crippen molar-refractivity contribution in [2.75, 3.05) is 23.5 Å². The van der Waals surface area contributed by atoms with Crippen LogP contribution in [0.15, 0.2) is 54.6 Å². The molecule has 0 saturated carbocycles. The largest absolute Gasteiger partial charge is 0.466 e. The first kappa shape index (κ1) is 18.0. The number of anilines is 3. The summed E-state index contributed by atoms with van der Waals surface area (Å²) in [6, 6.07) is 11.2. The van der Waals surface area contributed by atoms with Crippen molar-refractivity contribution in [3.05, 3.63) is 66.0 Å². The fourth-order valence-corrected chi connectivity index (χ4v) is 1.98. The number of hydrogen-bond donors (Lipinski definition) is 3. The van der Waals surface area contributed by atoms with E-state index in [2.05, 4.69) is 15.4 Å². The number of nitrogens with two attached hydrogens (primary N) is 1. The van der Waals surface area contributed by atoms with Crippen LogP contribution in [-0.4, -0.2) is 19.0 Å². The van der Waals surface area contributed by atoms with Crippen LogP contribution < -0.4 is 16.4 Å². The third kappa shape index (κ3) is 5.65. The second-order valence-corrected chi connectivity index (χ2v) is 5.13. The molecule has 1 amide bonds. The first-order valence-electron chi connectivity index (χ1n) is 7.43. The van der Waals surface area contributed by atoms with Crippen molar-refractivity contribution in [3.8, 4) is 0 Å². The molecule has 2 aromatic carbocycles. The van der Waals surface area contributed by atoms with E-state index in [4.69, 9.17) is 5.73 Å². The Morgan fingerprint density at radius 3 is 2.52 bits per heavy atom. The molecule has 25 heavy (non-hydrogen) atoms. The molecule has 4 N–H and O–H groups in total. The molecule has 130 valence electrons. The average Bonchev–Trinajstić information content (AvgIpc) is 2.61. The Bertz CT molecular complexity index is 789. The standard InChI is InChI=1S/C18H18FN3O3/c1-25-18(24)9-8-17(23)22-16-7-6-14(10-15(16)20)21-11-12-2-4-13(19)5-3-12/h2-10,21H,11,20H2,1H3,(H,22,23)/b9-8+. The summed E-state index contributed by atoms with van der Waals surface area (Å²) in [4.78, 5) is 22.6. The summed E-state index contributed by atoms with van der Waals surface area (Å²) in [5, 5.41) is 5.73. The topological polar surface area (TPSA) is 93.5 Å². The van der Waals surface area contributed by atoms with Gasteiger partial charge in [0.15, 0.2) is 0 Å². The quantitative estimate of drug-likeness (QED) is 0.426. The molecule has 6 nitrogen and oxygen atoms in total. The molecule has 7 heteroatoms. The number of methoxy groups -OCH3 is 1. The van der Waals surface area contributed by atoms with E-state index in [9.17, 15) is 14.0 Å². The van der Waals surface area contributed by atoms with Gasteiger partial charge in [-0.1, -0.05) is 12.1 Å². The lowest BCUT2D eigenvalue weighted by Gasteiger charge is -2.11. The maximum absolute atomic E-state index is 12.9. The Kier molecular flexibility index (Phi) is 6.11. The van der Waals surface area contributed by atoms with Gasteiger partial charge < -0.3 is 21.1 Å². The van der Waals surface area contributed by atoms with E-state index in [0.717, 1.165) is 23.4 Å². The van der Waals surface area contributed by atoms with Gasteiger partial charge in [-0.05, 0) is 35.9 Å². The van der Waals surface area contributed by atoms with E-state index < -0.39 is 11.9 Å². The lowest BCUT2D eigenvalue weighted by atomic mass is 10.2. The van der Waals surface area contributed by atoms with Crippen LogP contribution in [0.4, 0.5) is 21.5 Å². The highest BCUT2D eigenvalue weighted by Crippen LogP contribution is 2.23. The molecule has 2 aromatic rings. The van der Waals surface area contributed by atoms with Gasteiger partial charge in [-0.25, -0.2) is 9.18 Å². The number of halogens is 1. The smallest absolute Gasteiger partial charge is 0.330 e. The van der Waals surface area contributed by atoms with Crippen molar-refractivity contribution >= 4 is 28.9 Å². The monoisotopic (exact) mass is 343 g/mol. The van der Waals surface area contributed by atoms with Crippen LogP contribution in [0, 0.1) is 5.82 Å². The van der Waals surface area contributed by atoms with Gasteiger partial charge in [-0.15, -0.1) is 0 Å². The highest BCUT2D eigenvalue weighted by Gasteiger charge is 2.05. The van der Waals surface area contributed by atoms with E-state index in [1.54, 1.807) is 30.3 Å². The van der Waals surface area contributed by atoms with Gasteiger partial charge in [0.05, 0.1) is 18.5 Å². The van der Waals surface area contributed by atoms with Gasteiger partial charge >= 0.3 is 5.97 Å². The Balaban J connectivity index is 1.95. The minimum atomic E-state index is -0.622. The van der Waals surface area contributed by atoms with Gasteiger partial charge in [0, 0.05) is 24.4 Å². The number of carbonyl (C=O) groups is 2. The summed E-state index contributed by atoms with van der Waals surface area (Å²) in [7, 11) is 1.22. The number of hydrogen-bond acceptors (Lipinski definition) is 5. The molecule has 0 aliphatic carbocycles. The normalized spacial score (nSPS) is 10.5. The van der Waals surface area contributed by atoms with Crippen LogP contribution in [0.2, 0.25) is 0 Å². The lowest BCUT2D eigenvalue weighted by molar-refractivity contribution is -0.135. The van der Waals surface area contributed by atoms with E-state index in [1.807, 2.05) is 0 Å². The van der Waals surface area contributed by atoms with Crippen LogP contribution in [0.5, 0.6) is 0 Å². The number of ether oxygens (including phenoxy) is 1. The molecule has 0 atom stereocenters. The molecule has 0 spiro atoms. The van der Waals surface area contributed by atoms with E-state index in [1.165, 1.54) is 19.2 Å². The van der Waals surface area contributed by atoms with Gasteiger partial charge in [0.2, 0.25) is 5.91 Å². The van der Waals surface area contributed by atoms with Crippen molar-refractivity contribution in [2.24, 2.45) is 0 Å². The molecule has 2 rings (SSSR count). The summed E-state index contributed by atoms with van der Waals surface area (Å²) in [6.07, 6.45) is 2.08. The van der Waals surface area contributed by atoms with Crippen LogP contribution in [0.1, 0.15) is 5.56 Å². The van der Waals surface area contributed by atoms with Crippen LogP contribution in [-0.2, 0) is 20.9 Å².